The molecule has 5 heteroatoms. The molecular formula is C15H22N4O. The molecular weight excluding hydrogens is 252 g/mol. The number of rotatable bonds is 3. The molecule has 20 heavy (non-hydrogen) atoms. The second-order valence-electron chi connectivity index (χ2n) is 5.36. The van der Waals surface area contributed by atoms with Crippen LogP contribution in [0.1, 0.15) is 25.8 Å². The van der Waals surface area contributed by atoms with Crippen LogP contribution >= 0.6 is 0 Å². The van der Waals surface area contributed by atoms with E-state index in [1.54, 1.807) is 7.11 Å². The highest BCUT2D eigenvalue weighted by atomic mass is 16.5. The summed E-state index contributed by atoms with van der Waals surface area (Å²) < 4.78 is 7.56. The van der Waals surface area contributed by atoms with Crippen molar-refractivity contribution in [2.45, 2.75) is 25.8 Å². The first-order chi connectivity index (χ1) is 9.74. The number of anilines is 1. The summed E-state index contributed by atoms with van der Waals surface area (Å²) in [6.07, 6.45) is 2.37. The lowest BCUT2D eigenvalue weighted by molar-refractivity contribution is 0.188. The lowest BCUT2D eigenvalue weighted by atomic mass is 10.1. The molecule has 2 heterocycles. The van der Waals surface area contributed by atoms with E-state index < -0.39 is 0 Å². The smallest absolute Gasteiger partial charge is 0.201 e. The molecule has 1 aromatic carbocycles. The largest absolute Gasteiger partial charge is 0.494 e. The highest BCUT2D eigenvalue weighted by molar-refractivity contribution is 5.84. The number of ether oxygens (including phenoxy) is 1. The number of methoxy groups -OCH3 is 1. The third-order valence-electron chi connectivity index (χ3n) is 4.22. The quantitative estimate of drug-likeness (QED) is 0.933. The van der Waals surface area contributed by atoms with Crippen molar-refractivity contribution in [2.75, 3.05) is 32.5 Å². The van der Waals surface area contributed by atoms with Gasteiger partial charge in [0.1, 0.15) is 11.3 Å². The lowest BCUT2D eigenvalue weighted by Crippen LogP contribution is -2.36. The Morgan fingerprint density at radius 3 is 3.05 bits per heavy atom. The number of likely N-dealkylation sites (N-methyl/N-ethyl adjacent to an activating group) is 1. The molecule has 0 radical (unpaired) electrons. The molecule has 1 saturated heterocycles. The van der Waals surface area contributed by atoms with Crippen molar-refractivity contribution < 1.29 is 4.74 Å². The van der Waals surface area contributed by atoms with Crippen LogP contribution in [0, 0.1) is 0 Å². The summed E-state index contributed by atoms with van der Waals surface area (Å²) in [6, 6.07) is 6.41. The molecule has 0 amide bonds. The van der Waals surface area contributed by atoms with E-state index in [1.165, 1.54) is 13.0 Å². The Labute approximate surface area is 119 Å². The van der Waals surface area contributed by atoms with Crippen LogP contribution < -0.4 is 10.5 Å². The van der Waals surface area contributed by atoms with E-state index in [9.17, 15) is 0 Å². The molecule has 5 nitrogen and oxygen atoms in total. The Bertz CT molecular complexity index is 607. The van der Waals surface area contributed by atoms with Gasteiger partial charge in [-0.25, -0.2) is 4.98 Å². The number of likely N-dealkylation sites (tertiary alicyclic amines) is 1. The summed E-state index contributed by atoms with van der Waals surface area (Å²) in [5.41, 5.74) is 8.11. The highest BCUT2D eigenvalue weighted by Gasteiger charge is 2.24. The number of hydrogen-bond donors (Lipinski definition) is 1. The van der Waals surface area contributed by atoms with Crippen LogP contribution in [0.2, 0.25) is 0 Å². The van der Waals surface area contributed by atoms with Gasteiger partial charge < -0.3 is 19.9 Å². The normalized spacial score (nSPS) is 20.4. The Morgan fingerprint density at radius 2 is 2.30 bits per heavy atom. The first-order valence-electron chi connectivity index (χ1n) is 7.27. The van der Waals surface area contributed by atoms with Crippen molar-refractivity contribution in [1.29, 1.82) is 0 Å². The van der Waals surface area contributed by atoms with Crippen LogP contribution in [0.4, 0.5) is 5.95 Å². The minimum Gasteiger partial charge on any atom is -0.494 e. The minimum absolute atomic E-state index is 0.404. The molecule has 1 atom stereocenters. The number of piperidine rings is 1. The molecule has 1 aromatic heterocycles. The van der Waals surface area contributed by atoms with E-state index in [0.717, 1.165) is 36.3 Å². The van der Waals surface area contributed by atoms with Gasteiger partial charge in [-0.2, -0.15) is 0 Å². The monoisotopic (exact) mass is 274 g/mol. The summed E-state index contributed by atoms with van der Waals surface area (Å²) >= 11 is 0. The van der Waals surface area contributed by atoms with Crippen molar-refractivity contribution in [3.63, 3.8) is 0 Å². The molecule has 0 saturated carbocycles. The molecule has 0 bridgehead atoms. The molecule has 0 spiro atoms. The van der Waals surface area contributed by atoms with Crippen molar-refractivity contribution in [1.82, 2.24) is 14.5 Å². The molecule has 1 unspecified atom stereocenters. The van der Waals surface area contributed by atoms with Gasteiger partial charge in [0.2, 0.25) is 5.95 Å². The van der Waals surface area contributed by atoms with Gasteiger partial charge in [-0.15, -0.1) is 0 Å². The number of hydrogen-bond acceptors (Lipinski definition) is 4. The number of nitrogens with two attached hydrogens (primary N) is 1. The van der Waals surface area contributed by atoms with Gasteiger partial charge in [0.15, 0.2) is 0 Å². The predicted molar refractivity (Wildman–Crippen MR) is 81.1 cm³/mol. The number of fused-ring (bicyclic) bond motifs is 1. The standard InChI is InChI=1S/C15H22N4O/c1-3-18-9-5-6-11(10-18)19-12-7-4-8-13(20-2)14(12)17-15(19)16/h4,7-8,11H,3,5-6,9-10H2,1-2H3,(H2,16,17). The van der Waals surface area contributed by atoms with E-state index in [1.807, 2.05) is 12.1 Å². The number of para-hydroxylation sites is 1. The van der Waals surface area contributed by atoms with Crippen molar-refractivity contribution in [2.24, 2.45) is 0 Å². The van der Waals surface area contributed by atoms with Crippen LogP contribution in [0.15, 0.2) is 18.2 Å². The Morgan fingerprint density at radius 1 is 1.45 bits per heavy atom. The third-order valence-corrected chi connectivity index (χ3v) is 4.22. The Kier molecular flexibility index (Phi) is 3.53. The van der Waals surface area contributed by atoms with Crippen molar-refractivity contribution >= 4 is 17.0 Å². The lowest BCUT2D eigenvalue weighted by Gasteiger charge is -2.33. The number of benzene rings is 1. The van der Waals surface area contributed by atoms with Gasteiger partial charge in [0.05, 0.1) is 12.6 Å². The zero-order valence-corrected chi connectivity index (χ0v) is 12.2. The maximum atomic E-state index is 6.17. The Hall–Kier alpha value is -1.75. The van der Waals surface area contributed by atoms with E-state index in [-0.39, 0.29) is 0 Å². The third kappa shape index (κ3) is 2.12. The average Bonchev–Trinajstić information content (AvgIpc) is 2.83. The first kappa shape index (κ1) is 13.2. The van der Waals surface area contributed by atoms with Crippen molar-refractivity contribution in [3.8, 4) is 5.75 Å². The van der Waals surface area contributed by atoms with Crippen LogP contribution in [-0.4, -0.2) is 41.2 Å². The summed E-state index contributed by atoms with van der Waals surface area (Å²) in [5, 5.41) is 0. The summed E-state index contributed by atoms with van der Waals surface area (Å²) in [5.74, 6) is 1.38. The fraction of sp³-hybridized carbons (Fsp3) is 0.533. The SMILES string of the molecule is CCN1CCCC(n2c(N)nc3c(OC)cccc32)C1. The van der Waals surface area contributed by atoms with Crippen LogP contribution in [-0.2, 0) is 0 Å². The van der Waals surface area contributed by atoms with E-state index >= 15 is 0 Å². The zero-order chi connectivity index (χ0) is 14.1. The van der Waals surface area contributed by atoms with E-state index in [4.69, 9.17) is 10.5 Å². The van der Waals surface area contributed by atoms with Gasteiger partial charge in [-0.1, -0.05) is 13.0 Å². The zero-order valence-electron chi connectivity index (χ0n) is 12.2. The molecule has 108 valence electrons. The minimum atomic E-state index is 0.404. The van der Waals surface area contributed by atoms with Crippen LogP contribution in [0.3, 0.4) is 0 Å². The predicted octanol–water partition coefficient (Wildman–Crippen LogP) is 2.28. The molecule has 1 fully saturated rings. The van der Waals surface area contributed by atoms with Gasteiger partial charge >= 0.3 is 0 Å². The van der Waals surface area contributed by atoms with Gasteiger partial charge in [-0.3, -0.25) is 0 Å². The molecule has 1 aliphatic rings. The topological polar surface area (TPSA) is 56.3 Å². The average molecular weight is 274 g/mol. The molecule has 0 aliphatic carbocycles. The molecule has 3 rings (SSSR count). The number of imidazole rings is 1. The number of nitrogens with zero attached hydrogens (tertiary/aromatic N) is 3. The second-order valence-corrected chi connectivity index (χ2v) is 5.36. The number of aromatic nitrogens is 2. The molecule has 1 aliphatic heterocycles. The van der Waals surface area contributed by atoms with Crippen molar-refractivity contribution in [3.05, 3.63) is 18.2 Å². The van der Waals surface area contributed by atoms with Gasteiger partial charge in [0, 0.05) is 12.6 Å². The fourth-order valence-corrected chi connectivity index (χ4v) is 3.19. The maximum Gasteiger partial charge on any atom is 0.201 e. The Balaban J connectivity index is 2.05. The summed E-state index contributed by atoms with van der Waals surface area (Å²) in [4.78, 5) is 6.98. The second kappa shape index (κ2) is 5.32. The molecule has 2 aromatic rings. The van der Waals surface area contributed by atoms with Crippen LogP contribution in [0.25, 0.3) is 11.0 Å². The number of nitrogen functional groups attached to an aromatic ring is 1. The van der Waals surface area contributed by atoms with Gasteiger partial charge in [0.25, 0.3) is 0 Å². The first-order valence-corrected chi connectivity index (χ1v) is 7.27. The highest BCUT2D eigenvalue weighted by Crippen LogP contribution is 2.32. The van der Waals surface area contributed by atoms with E-state index in [0.29, 0.717) is 12.0 Å². The maximum absolute atomic E-state index is 6.17. The van der Waals surface area contributed by atoms with Crippen LogP contribution in [0.5, 0.6) is 5.75 Å². The van der Waals surface area contributed by atoms with E-state index in [2.05, 4.69) is 27.4 Å². The van der Waals surface area contributed by atoms with Gasteiger partial charge in [-0.05, 0) is 38.1 Å². The summed E-state index contributed by atoms with van der Waals surface area (Å²) in [7, 11) is 1.67. The fourth-order valence-electron chi connectivity index (χ4n) is 3.19. The molecule has 2 N–H and O–H groups in total. The summed E-state index contributed by atoms with van der Waals surface area (Å²) in [6.45, 7) is 5.53.